The predicted molar refractivity (Wildman–Crippen MR) is 93.9 cm³/mol. The Kier molecular flexibility index (Phi) is 6.72. The third-order valence-corrected chi connectivity index (χ3v) is 5.13. The molecule has 0 aliphatic carbocycles. The normalized spacial score (nSPS) is 20.5. The van der Waals surface area contributed by atoms with E-state index in [4.69, 9.17) is 11.6 Å². The zero-order valence-electron chi connectivity index (χ0n) is 13.1. The van der Waals surface area contributed by atoms with Crippen molar-refractivity contribution in [3.8, 4) is 0 Å². The van der Waals surface area contributed by atoms with Gasteiger partial charge in [0.25, 0.3) is 0 Å². The van der Waals surface area contributed by atoms with Crippen molar-refractivity contribution in [3.05, 3.63) is 34.9 Å². The summed E-state index contributed by atoms with van der Waals surface area (Å²) >= 11 is 5.88. The molecular formula is C17H24Cl2N2O2. The Morgan fingerprint density at radius 2 is 1.87 bits per heavy atom. The van der Waals surface area contributed by atoms with Crippen LogP contribution in [-0.2, 0) is 4.79 Å². The van der Waals surface area contributed by atoms with E-state index in [0.29, 0.717) is 17.4 Å². The fourth-order valence-corrected chi connectivity index (χ4v) is 3.39. The van der Waals surface area contributed by atoms with Crippen LogP contribution in [0.1, 0.15) is 30.9 Å². The average molecular weight is 359 g/mol. The Bertz CT molecular complexity index is 512. The molecule has 1 atom stereocenters. The zero-order chi connectivity index (χ0) is 15.5. The van der Waals surface area contributed by atoms with Gasteiger partial charge < -0.3 is 15.3 Å². The molecule has 1 aromatic carbocycles. The van der Waals surface area contributed by atoms with Crippen molar-refractivity contribution < 1.29 is 9.90 Å². The van der Waals surface area contributed by atoms with Crippen LogP contribution in [0.2, 0.25) is 5.02 Å². The quantitative estimate of drug-likeness (QED) is 0.869. The van der Waals surface area contributed by atoms with E-state index < -0.39 is 6.10 Å². The lowest BCUT2D eigenvalue weighted by molar-refractivity contribution is -0.134. The van der Waals surface area contributed by atoms with E-state index in [9.17, 15) is 9.90 Å². The van der Waals surface area contributed by atoms with Gasteiger partial charge >= 0.3 is 0 Å². The summed E-state index contributed by atoms with van der Waals surface area (Å²) in [4.78, 5) is 14.2. The Hall–Kier alpha value is -0.810. The Labute approximate surface area is 148 Å². The second-order valence-corrected chi connectivity index (χ2v) is 6.88. The smallest absolute Gasteiger partial charge is 0.222 e. The molecule has 23 heavy (non-hydrogen) atoms. The Morgan fingerprint density at radius 3 is 2.39 bits per heavy atom. The largest absolute Gasteiger partial charge is 0.388 e. The Morgan fingerprint density at radius 1 is 1.26 bits per heavy atom. The molecule has 2 saturated heterocycles. The van der Waals surface area contributed by atoms with Gasteiger partial charge in [-0.1, -0.05) is 23.7 Å². The van der Waals surface area contributed by atoms with E-state index in [1.807, 2.05) is 29.2 Å². The van der Waals surface area contributed by atoms with E-state index in [0.717, 1.165) is 44.6 Å². The summed E-state index contributed by atoms with van der Waals surface area (Å²) in [5.74, 6) is 1.01. The molecule has 1 unspecified atom stereocenters. The topological polar surface area (TPSA) is 52.6 Å². The molecule has 0 radical (unpaired) electrons. The molecule has 0 spiro atoms. The maximum atomic E-state index is 12.2. The standard InChI is InChI=1S/C17H23ClN2O2.ClH/c18-15-3-1-13(2-4-15)17(22)14-5-7-20(8-6-14)16(21)9-12-10-19-11-12;/h1-4,12,14,17,19,22H,5-11H2;1H. The number of likely N-dealkylation sites (tertiary alicyclic amines) is 1. The molecule has 0 bridgehead atoms. The monoisotopic (exact) mass is 358 g/mol. The van der Waals surface area contributed by atoms with Crippen molar-refractivity contribution in [1.29, 1.82) is 0 Å². The second-order valence-electron chi connectivity index (χ2n) is 6.44. The molecule has 6 heteroatoms. The van der Waals surface area contributed by atoms with Gasteiger partial charge in [0.15, 0.2) is 0 Å². The molecule has 4 nitrogen and oxygen atoms in total. The van der Waals surface area contributed by atoms with Crippen LogP contribution < -0.4 is 5.32 Å². The van der Waals surface area contributed by atoms with Crippen LogP contribution in [0.5, 0.6) is 0 Å². The van der Waals surface area contributed by atoms with E-state index in [1.165, 1.54) is 0 Å². The van der Waals surface area contributed by atoms with Gasteiger partial charge in [-0.2, -0.15) is 0 Å². The minimum atomic E-state index is -0.467. The lowest BCUT2D eigenvalue weighted by Gasteiger charge is -2.36. The van der Waals surface area contributed by atoms with Gasteiger partial charge in [-0.05, 0) is 55.5 Å². The Balaban J connectivity index is 0.00000192. The number of halogens is 2. The van der Waals surface area contributed by atoms with Crippen molar-refractivity contribution in [2.75, 3.05) is 26.2 Å². The molecule has 2 aliphatic rings. The highest BCUT2D eigenvalue weighted by atomic mass is 35.5. The third kappa shape index (κ3) is 4.60. The molecule has 2 fully saturated rings. The number of carbonyl (C=O) groups is 1. The van der Waals surface area contributed by atoms with Crippen molar-refractivity contribution in [2.45, 2.75) is 25.4 Å². The molecule has 2 heterocycles. The minimum Gasteiger partial charge on any atom is -0.388 e. The number of hydrogen-bond donors (Lipinski definition) is 2. The summed E-state index contributed by atoms with van der Waals surface area (Å²) in [7, 11) is 0. The SMILES string of the molecule is Cl.O=C(CC1CNC1)N1CCC(C(O)c2ccc(Cl)cc2)CC1. The van der Waals surface area contributed by atoms with E-state index in [2.05, 4.69) is 5.32 Å². The lowest BCUT2D eigenvalue weighted by Crippen LogP contribution is -2.46. The molecule has 0 saturated carbocycles. The molecule has 2 aliphatic heterocycles. The fraction of sp³-hybridized carbons (Fsp3) is 0.588. The first kappa shape index (κ1) is 18.5. The molecular weight excluding hydrogens is 335 g/mol. The van der Waals surface area contributed by atoms with Crippen molar-refractivity contribution in [3.63, 3.8) is 0 Å². The van der Waals surface area contributed by atoms with E-state index in [1.54, 1.807) is 0 Å². The summed E-state index contributed by atoms with van der Waals surface area (Å²) in [6, 6.07) is 7.39. The third-order valence-electron chi connectivity index (χ3n) is 4.88. The summed E-state index contributed by atoms with van der Waals surface area (Å²) in [5.41, 5.74) is 0.912. The number of nitrogens with one attached hydrogen (secondary N) is 1. The maximum absolute atomic E-state index is 12.2. The highest BCUT2D eigenvalue weighted by molar-refractivity contribution is 6.30. The number of aliphatic hydroxyl groups excluding tert-OH is 1. The summed E-state index contributed by atoms with van der Waals surface area (Å²) < 4.78 is 0. The maximum Gasteiger partial charge on any atom is 0.222 e. The first-order valence-corrected chi connectivity index (χ1v) is 8.43. The van der Waals surface area contributed by atoms with Crippen LogP contribution in [0.4, 0.5) is 0 Å². The highest BCUT2D eigenvalue weighted by Gasteiger charge is 2.30. The van der Waals surface area contributed by atoms with Crippen LogP contribution in [0.3, 0.4) is 0 Å². The van der Waals surface area contributed by atoms with Crippen LogP contribution in [-0.4, -0.2) is 42.1 Å². The number of amides is 1. The summed E-state index contributed by atoms with van der Waals surface area (Å²) in [5, 5.41) is 14.4. The molecule has 2 N–H and O–H groups in total. The number of carbonyl (C=O) groups excluding carboxylic acids is 1. The molecule has 3 rings (SSSR count). The molecule has 0 aromatic heterocycles. The van der Waals surface area contributed by atoms with Gasteiger partial charge in [0.1, 0.15) is 0 Å². The summed E-state index contributed by atoms with van der Waals surface area (Å²) in [6.07, 6.45) is 1.92. The van der Waals surface area contributed by atoms with Gasteiger partial charge in [0.2, 0.25) is 5.91 Å². The van der Waals surface area contributed by atoms with Gasteiger partial charge in [-0.15, -0.1) is 12.4 Å². The van der Waals surface area contributed by atoms with Crippen LogP contribution >= 0.6 is 24.0 Å². The second kappa shape index (κ2) is 8.34. The van der Waals surface area contributed by atoms with Crippen molar-refractivity contribution in [2.24, 2.45) is 11.8 Å². The van der Waals surface area contributed by atoms with E-state index in [-0.39, 0.29) is 24.2 Å². The van der Waals surface area contributed by atoms with Gasteiger partial charge in [-0.3, -0.25) is 4.79 Å². The number of aliphatic hydroxyl groups is 1. The molecule has 1 aromatic rings. The zero-order valence-corrected chi connectivity index (χ0v) is 14.7. The van der Waals surface area contributed by atoms with Crippen molar-refractivity contribution >= 4 is 29.9 Å². The van der Waals surface area contributed by atoms with Crippen molar-refractivity contribution in [1.82, 2.24) is 10.2 Å². The predicted octanol–water partition coefficient (Wildman–Crippen LogP) is 2.64. The van der Waals surface area contributed by atoms with Gasteiger partial charge in [0.05, 0.1) is 6.10 Å². The minimum absolute atomic E-state index is 0. The summed E-state index contributed by atoms with van der Waals surface area (Å²) in [6.45, 7) is 3.46. The number of rotatable bonds is 4. The van der Waals surface area contributed by atoms with Crippen LogP contribution in [0, 0.1) is 11.8 Å². The number of piperidine rings is 1. The average Bonchev–Trinajstić information content (AvgIpc) is 2.51. The van der Waals surface area contributed by atoms with E-state index >= 15 is 0 Å². The number of hydrogen-bond acceptors (Lipinski definition) is 3. The molecule has 1 amide bonds. The number of nitrogens with zero attached hydrogens (tertiary/aromatic N) is 1. The van der Waals surface area contributed by atoms with Gasteiger partial charge in [-0.25, -0.2) is 0 Å². The fourth-order valence-electron chi connectivity index (χ4n) is 3.27. The van der Waals surface area contributed by atoms with Crippen LogP contribution in [0.25, 0.3) is 0 Å². The van der Waals surface area contributed by atoms with Gasteiger partial charge in [0, 0.05) is 24.5 Å². The van der Waals surface area contributed by atoms with Crippen LogP contribution in [0.15, 0.2) is 24.3 Å². The molecule has 128 valence electrons. The number of benzene rings is 1. The first-order chi connectivity index (χ1) is 10.6. The first-order valence-electron chi connectivity index (χ1n) is 8.05. The lowest BCUT2D eigenvalue weighted by atomic mass is 9.87. The highest BCUT2D eigenvalue weighted by Crippen LogP contribution is 2.31.